The Kier molecular flexibility index (Phi) is 6.48. The lowest BCUT2D eigenvalue weighted by molar-refractivity contribution is -0.191. The van der Waals surface area contributed by atoms with Crippen LogP contribution in [0.5, 0.6) is 0 Å². The molecular formula is C30H36N4O4. The monoisotopic (exact) mass is 516 g/mol. The summed E-state index contributed by atoms with van der Waals surface area (Å²) in [5, 5.41) is 18.3. The van der Waals surface area contributed by atoms with Crippen molar-refractivity contribution in [2.24, 2.45) is 5.92 Å². The van der Waals surface area contributed by atoms with Crippen LogP contribution in [0.3, 0.4) is 0 Å². The number of fused-ring (bicyclic) bond motifs is 3. The lowest BCUT2D eigenvalue weighted by atomic mass is 9.75. The number of hydrogen-bond acceptors (Lipinski definition) is 5. The third kappa shape index (κ3) is 4.20. The highest BCUT2D eigenvalue weighted by molar-refractivity contribution is 5.99. The van der Waals surface area contributed by atoms with E-state index in [1.165, 1.54) is 6.42 Å². The van der Waals surface area contributed by atoms with E-state index in [2.05, 4.69) is 10.6 Å². The van der Waals surface area contributed by atoms with Gasteiger partial charge in [-0.3, -0.25) is 29.8 Å². The highest BCUT2D eigenvalue weighted by atomic mass is 16.5. The fourth-order valence-electron chi connectivity index (χ4n) is 7.17. The third-order valence-electron chi connectivity index (χ3n) is 9.20. The topological polar surface area (TPSA) is 102 Å². The highest BCUT2D eigenvalue weighted by Crippen LogP contribution is 2.50. The van der Waals surface area contributed by atoms with Crippen molar-refractivity contribution in [2.75, 3.05) is 4.90 Å². The van der Waals surface area contributed by atoms with Gasteiger partial charge < -0.3 is 5.32 Å². The van der Waals surface area contributed by atoms with Gasteiger partial charge in [-0.25, -0.2) is 5.06 Å². The molecule has 0 bridgehead atoms. The summed E-state index contributed by atoms with van der Waals surface area (Å²) in [5.74, 6) is -0.381. The van der Waals surface area contributed by atoms with Crippen molar-refractivity contribution in [2.45, 2.75) is 88.0 Å². The number of anilines is 1. The summed E-state index contributed by atoms with van der Waals surface area (Å²) in [7, 11) is 0. The van der Waals surface area contributed by atoms with Gasteiger partial charge in [0.1, 0.15) is 12.1 Å². The second-order valence-electron chi connectivity index (χ2n) is 11.6. The number of hydroxylamine groups is 2. The zero-order valence-corrected chi connectivity index (χ0v) is 21.8. The van der Waals surface area contributed by atoms with Crippen LogP contribution in [-0.4, -0.2) is 46.2 Å². The van der Waals surface area contributed by atoms with E-state index in [0.29, 0.717) is 23.8 Å². The van der Waals surface area contributed by atoms with E-state index in [-0.39, 0.29) is 24.3 Å². The van der Waals surface area contributed by atoms with E-state index in [9.17, 15) is 19.6 Å². The van der Waals surface area contributed by atoms with Gasteiger partial charge in [0.25, 0.3) is 5.91 Å². The number of hydrogen-bond donors (Lipinski definition) is 3. The molecule has 3 N–H and O–H groups in total. The van der Waals surface area contributed by atoms with Crippen molar-refractivity contribution in [3.63, 3.8) is 0 Å². The van der Waals surface area contributed by atoms with Gasteiger partial charge in [0.05, 0.1) is 6.17 Å². The third-order valence-corrected chi connectivity index (χ3v) is 9.20. The van der Waals surface area contributed by atoms with Crippen LogP contribution in [0.15, 0.2) is 54.6 Å². The van der Waals surface area contributed by atoms with E-state index in [4.69, 9.17) is 0 Å². The van der Waals surface area contributed by atoms with Crippen molar-refractivity contribution >= 4 is 23.4 Å². The van der Waals surface area contributed by atoms with Gasteiger partial charge in [-0.15, -0.1) is 0 Å². The number of rotatable bonds is 5. The molecule has 1 aliphatic carbocycles. The average Bonchev–Trinajstić information content (AvgIpc) is 3.19. The van der Waals surface area contributed by atoms with Gasteiger partial charge in [-0.2, -0.15) is 0 Å². The van der Waals surface area contributed by atoms with E-state index in [1.807, 2.05) is 61.5 Å². The summed E-state index contributed by atoms with van der Waals surface area (Å²) in [6.07, 6.45) is 6.27. The molecule has 6 rings (SSSR count). The summed E-state index contributed by atoms with van der Waals surface area (Å²) < 4.78 is 0. The molecule has 3 fully saturated rings. The molecule has 1 saturated carbocycles. The fourth-order valence-corrected chi connectivity index (χ4v) is 7.17. The lowest BCUT2D eigenvalue weighted by Crippen LogP contribution is -2.66. The van der Waals surface area contributed by atoms with Gasteiger partial charge in [-0.1, -0.05) is 87.6 Å². The largest absolute Gasteiger partial charge is 0.342 e. The number of para-hydroxylation sites is 1. The molecule has 3 heterocycles. The Labute approximate surface area is 223 Å². The maximum atomic E-state index is 13.5. The predicted molar refractivity (Wildman–Crippen MR) is 142 cm³/mol. The minimum Gasteiger partial charge on any atom is -0.342 e. The molecule has 3 amide bonds. The summed E-state index contributed by atoms with van der Waals surface area (Å²) in [6.45, 7) is 2.02. The average molecular weight is 517 g/mol. The van der Waals surface area contributed by atoms with Crippen LogP contribution in [0.25, 0.3) is 0 Å². The van der Waals surface area contributed by atoms with Crippen molar-refractivity contribution in [3.8, 4) is 0 Å². The van der Waals surface area contributed by atoms with Crippen LogP contribution in [0.1, 0.15) is 75.5 Å². The molecule has 5 atom stereocenters. The molecular weight excluding hydrogens is 480 g/mol. The first kappa shape index (κ1) is 25.1. The maximum absolute atomic E-state index is 13.5. The Morgan fingerprint density at radius 2 is 1.68 bits per heavy atom. The van der Waals surface area contributed by atoms with E-state index < -0.39 is 29.6 Å². The fraction of sp³-hybridized carbons (Fsp3) is 0.500. The first-order chi connectivity index (χ1) is 18.4. The number of nitrogens with one attached hydrogen (secondary N) is 2. The predicted octanol–water partition coefficient (Wildman–Crippen LogP) is 3.80. The van der Waals surface area contributed by atoms with Crippen LogP contribution < -0.4 is 15.5 Å². The Bertz CT molecular complexity index is 1230. The van der Waals surface area contributed by atoms with Crippen molar-refractivity contribution < 1.29 is 19.6 Å². The van der Waals surface area contributed by atoms with Gasteiger partial charge >= 0.3 is 0 Å². The highest BCUT2D eigenvalue weighted by Gasteiger charge is 2.56. The number of carbonyl (C=O) groups excluding carboxylic acids is 3. The normalized spacial score (nSPS) is 31.7. The molecule has 4 aliphatic rings. The smallest absolute Gasteiger partial charge is 0.269 e. The minimum atomic E-state index is -1.04. The van der Waals surface area contributed by atoms with Crippen LogP contribution in [0.2, 0.25) is 0 Å². The van der Waals surface area contributed by atoms with Crippen LogP contribution in [0.4, 0.5) is 5.69 Å². The van der Waals surface area contributed by atoms with Gasteiger partial charge in [0.2, 0.25) is 11.8 Å². The SMILES string of the molecule is CC1(CC2C(=O)NC(CC3CCCCC3)C(=O)N2O)c2ccccc2N2C(=O)CC(c3ccccc3)NC21. The molecule has 5 unspecified atom stereocenters. The molecule has 8 nitrogen and oxygen atoms in total. The van der Waals surface area contributed by atoms with Gasteiger partial charge in [0, 0.05) is 23.6 Å². The Morgan fingerprint density at radius 3 is 2.45 bits per heavy atom. The van der Waals surface area contributed by atoms with E-state index in [0.717, 1.165) is 42.5 Å². The summed E-state index contributed by atoms with van der Waals surface area (Å²) in [4.78, 5) is 41.9. The van der Waals surface area contributed by atoms with Crippen molar-refractivity contribution in [1.82, 2.24) is 15.7 Å². The molecule has 0 radical (unpaired) electrons. The molecule has 0 spiro atoms. The first-order valence-electron chi connectivity index (χ1n) is 13.9. The Morgan fingerprint density at radius 1 is 0.974 bits per heavy atom. The van der Waals surface area contributed by atoms with Crippen LogP contribution in [-0.2, 0) is 19.8 Å². The Hall–Kier alpha value is -3.23. The first-order valence-corrected chi connectivity index (χ1v) is 13.9. The number of piperazine rings is 1. The maximum Gasteiger partial charge on any atom is 0.269 e. The zero-order valence-electron chi connectivity index (χ0n) is 21.8. The van der Waals surface area contributed by atoms with Crippen molar-refractivity contribution in [3.05, 3.63) is 65.7 Å². The lowest BCUT2D eigenvalue weighted by Gasteiger charge is -2.45. The van der Waals surface area contributed by atoms with Gasteiger partial charge in [0.15, 0.2) is 0 Å². The quantitative estimate of drug-likeness (QED) is 0.525. The van der Waals surface area contributed by atoms with E-state index >= 15 is 0 Å². The standard InChI is InChI=1S/C30H36N4O4/c1-30(18-25-27(36)31-23(28(37)34(25)38)16-19-10-4-2-5-11-19)21-14-8-9-15-24(21)33-26(35)17-22(32-29(30)33)20-12-6-3-7-13-20/h3,6-9,12-15,19,22-23,25,29,32,38H,2,4-5,10-11,16-18H2,1H3,(H,31,36). The summed E-state index contributed by atoms with van der Waals surface area (Å²) in [6, 6.07) is 15.7. The molecule has 2 saturated heterocycles. The van der Waals surface area contributed by atoms with E-state index in [1.54, 1.807) is 4.90 Å². The minimum absolute atomic E-state index is 0.0105. The number of benzene rings is 2. The Balaban J connectivity index is 1.28. The molecule has 3 aliphatic heterocycles. The summed E-state index contributed by atoms with van der Waals surface area (Å²) >= 11 is 0. The molecule has 2 aromatic carbocycles. The second-order valence-corrected chi connectivity index (χ2v) is 11.6. The molecule has 8 heteroatoms. The molecule has 38 heavy (non-hydrogen) atoms. The number of carbonyl (C=O) groups is 3. The molecule has 0 aromatic heterocycles. The molecule has 2 aromatic rings. The van der Waals surface area contributed by atoms with Crippen molar-refractivity contribution in [1.29, 1.82) is 0 Å². The zero-order chi connectivity index (χ0) is 26.4. The molecule has 200 valence electrons. The second kappa shape index (κ2) is 9.82. The van der Waals surface area contributed by atoms with Gasteiger partial charge in [-0.05, 0) is 36.0 Å². The number of nitrogens with zero attached hydrogens (tertiary/aromatic N) is 2. The van der Waals surface area contributed by atoms with Crippen LogP contribution in [0, 0.1) is 5.92 Å². The number of amides is 3. The summed E-state index contributed by atoms with van der Waals surface area (Å²) in [5.41, 5.74) is 2.04. The van der Waals surface area contributed by atoms with Crippen LogP contribution >= 0.6 is 0 Å².